The lowest BCUT2D eigenvalue weighted by Crippen LogP contribution is -2.44. The molecule has 1 unspecified atom stereocenters. The van der Waals surface area contributed by atoms with Gasteiger partial charge in [-0.1, -0.05) is 30.3 Å². The first-order valence-corrected chi connectivity index (χ1v) is 11.9. The zero-order valence-electron chi connectivity index (χ0n) is 17.8. The largest absolute Gasteiger partial charge is 0.355 e. The van der Waals surface area contributed by atoms with Crippen LogP contribution in [0.4, 0.5) is 5.82 Å². The van der Waals surface area contributed by atoms with E-state index in [1.54, 1.807) is 17.5 Å². The molecule has 2 aromatic heterocycles. The molecular formula is C24H27N5OS. The number of nitrogens with zero attached hydrogens (tertiary/aromatic N) is 5. The van der Waals surface area contributed by atoms with E-state index in [1.165, 1.54) is 11.3 Å². The summed E-state index contributed by atoms with van der Waals surface area (Å²) in [5.41, 5.74) is 3.51. The highest BCUT2D eigenvalue weighted by molar-refractivity contribution is 7.09. The normalized spacial score (nSPS) is 18.1. The lowest BCUT2D eigenvalue weighted by atomic mass is 9.96. The standard InChI is InChI=1S/C24H27N5OS/c1-28(16-21-25-12-14-31-21)24(30)18-9-6-13-29(15-18)23-19-10-5-11-20(19)26-22(27-23)17-7-3-2-4-8-17/h2-4,7-8,12,14,18H,5-6,9-11,13,15-16H2,1H3. The van der Waals surface area contributed by atoms with E-state index in [1.807, 2.05) is 35.5 Å². The van der Waals surface area contributed by atoms with Crippen molar-refractivity contribution < 1.29 is 4.79 Å². The van der Waals surface area contributed by atoms with Crippen LogP contribution in [0.15, 0.2) is 41.9 Å². The molecule has 0 bridgehead atoms. The number of hydrogen-bond donors (Lipinski definition) is 0. The van der Waals surface area contributed by atoms with Crippen molar-refractivity contribution in [1.29, 1.82) is 0 Å². The molecule has 1 fully saturated rings. The van der Waals surface area contributed by atoms with Crippen LogP contribution in [-0.2, 0) is 24.2 Å². The second-order valence-electron chi connectivity index (χ2n) is 8.42. The molecule has 6 nitrogen and oxygen atoms in total. The minimum Gasteiger partial charge on any atom is -0.355 e. The zero-order chi connectivity index (χ0) is 21.2. The van der Waals surface area contributed by atoms with E-state index in [9.17, 15) is 4.79 Å². The Labute approximate surface area is 187 Å². The number of amides is 1. The van der Waals surface area contributed by atoms with Crippen molar-refractivity contribution in [2.75, 3.05) is 25.0 Å². The smallest absolute Gasteiger partial charge is 0.227 e. The molecule has 0 spiro atoms. The Bertz CT molecular complexity index is 1050. The topological polar surface area (TPSA) is 62.2 Å². The molecular weight excluding hydrogens is 406 g/mol. The quantitative estimate of drug-likeness (QED) is 0.609. The van der Waals surface area contributed by atoms with Crippen LogP contribution in [0.3, 0.4) is 0 Å². The van der Waals surface area contributed by atoms with Crippen LogP contribution in [0.25, 0.3) is 11.4 Å². The van der Waals surface area contributed by atoms with Gasteiger partial charge in [-0.05, 0) is 32.1 Å². The number of hydrogen-bond acceptors (Lipinski definition) is 6. The summed E-state index contributed by atoms with van der Waals surface area (Å²) in [6.45, 7) is 2.24. The fraction of sp³-hybridized carbons (Fsp3) is 0.417. The van der Waals surface area contributed by atoms with Crippen molar-refractivity contribution in [2.24, 2.45) is 5.92 Å². The fourth-order valence-corrected chi connectivity index (χ4v) is 5.35. The Morgan fingerprint density at radius 1 is 1.19 bits per heavy atom. The Kier molecular flexibility index (Phi) is 5.68. The number of carbonyl (C=O) groups is 1. The van der Waals surface area contributed by atoms with E-state index in [0.29, 0.717) is 6.54 Å². The number of rotatable bonds is 5. The first-order chi connectivity index (χ1) is 15.2. The fourth-order valence-electron chi connectivity index (χ4n) is 4.69. The molecule has 5 rings (SSSR count). The monoisotopic (exact) mass is 433 g/mol. The lowest BCUT2D eigenvalue weighted by Gasteiger charge is -2.35. The maximum atomic E-state index is 13.2. The third-order valence-corrected chi connectivity index (χ3v) is 7.01. The van der Waals surface area contributed by atoms with E-state index in [4.69, 9.17) is 9.97 Å². The number of piperidine rings is 1. The minimum absolute atomic E-state index is 0.00842. The number of fused-ring (bicyclic) bond motifs is 1. The lowest BCUT2D eigenvalue weighted by molar-refractivity contribution is -0.135. The molecule has 1 aliphatic heterocycles. The average Bonchev–Trinajstić information content (AvgIpc) is 3.50. The van der Waals surface area contributed by atoms with E-state index in [2.05, 4.69) is 22.0 Å². The van der Waals surface area contributed by atoms with Gasteiger partial charge in [-0.2, -0.15) is 0 Å². The van der Waals surface area contributed by atoms with Gasteiger partial charge in [-0.15, -0.1) is 11.3 Å². The van der Waals surface area contributed by atoms with Crippen molar-refractivity contribution in [2.45, 2.75) is 38.6 Å². The number of aryl methyl sites for hydroxylation is 1. The Hall–Kier alpha value is -2.80. The Morgan fingerprint density at radius 2 is 2.06 bits per heavy atom. The van der Waals surface area contributed by atoms with Crippen LogP contribution >= 0.6 is 11.3 Å². The summed E-state index contributed by atoms with van der Waals surface area (Å²) in [6, 6.07) is 10.2. The molecule has 1 atom stereocenters. The van der Waals surface area contributed by atoms with Crippen molar-refractivity contribution in [3.63, 3.8) is 0 Å². The molecule has 0 saturated carbocycles. The molecule has 3 heterocycles. The maximum Gasteiger partial charge on any atom is 0.227 e. The summed E-state index contributed by atoms with van der Waals surface area (Å²) < 4.78 is 0. The maximum absolute atomic E-state index is 13.2. The van der Waals surface area contributed by atoms with Crippen LogP contribution in [0, 0.1) is 5.92 Å². The van der Waals surface area contributed by atoms with Crippen molar-refractivity contribution in [3.8, 4) is 11.4 Å². The highest BCUT2D eigenvalue weighted by Crippen LogP contribution is 2.34. The minimum atomic E-state index is -0.00842. The number of anilines is 1. The van der Waals surface area contributed by atoms with Crippen molar-refractivity contribution in [1.82, 2.24) is 19.9 Å². The third-order valence-electron chi connectivity index (χ3n) is 6.25. The Morgan fingerprint density at radius 3 is 2.87 bits per heavy atom. The molecule has 7 heteroatoms. The first-order valence-electron chi connectivity index (χ1n) is 11.0. The molecule has 0 radical (unpaired) electrons. The molecule has 31 heavy (non-hydrogen) atoms. The van der Waals surface area contributed by atoms with Gasteiger partial charge < -0.3 is 9.80 Å². The summed E-state index contributed by atoms with van der Waals surface area (Å²) in [5, 5.41) is 2.93. The summed E-state index contributed by atoms with van der Waals surface area (Å²) in [4.78, 5) is 31.6. The molecule has 1 aromatic carbocycles. The highest BCUT2D eigenvalue weighted by atomic mass is 32.1. The summed E-state index contributed by atoms with van der Waals surface area (Å²) in [6.07, 6.45) is 6.89. The first kappa shape index (κ1) is 20.1. The predicted octanol–water partition coefficient (Wildman–Crippen LogP) is 3.96. The summed E-state index contributed by atoms with van der Waals surface area (Å²) >= 11 is 1.59. The van der Waals surface area contributed by atoms with Gasteiger partial charge in [0, 0.05) is 48.5 Å². The van der Waals surface area contributed by atoms with E-state index < -0.39 is 0 Å². The van der Waals surface area contributed by atoms with Gasteiger partial charge in [-0.3, -0.25) is 4.79 Å². The molecule has 160 valence electrons. The molecule has 3 aromatic rings. The van der Waals surface area contributed by atoms with Gasteiger partial charge in [0.1, 0.15) is 10.8 Å². The van der Waals surface area contributed by atoms with Gasteiger partial charge >= 0.3 is 0 Å². The van der Waals surface area contributed by atoms with E-state index in [0.717, 1.165) is 67.4 Å². The molecule has 1 aliphatic carbocycles. The third kappa shape index (κ3) is 4.19. The number of benzene rings is 1. The second-order valence-corrected chi connectivity index (χ2v) is 9.40. The number of carbonyl (C=O) groups excluding carboxylic acids is 1. The summed E-state index contributed by atoms with van der Waals surface area (Å²) in [7, 11) is 1.89. The Balaban J connectivity index is 1.39. The second kappa shape index (κ2) is 8.75. The predicted molar refractivity (Wildman–Crippen MR) is 123 cm³/mol. The highest BCUT2D eigenvalue weighted by Gasteiger charge is 2.31. The van der Waals surface area contributed by atoms with Crippen LogP contribution in [0.5, 0.6) is 0 Å². The van der Waals surface area contributed by atoms with E-state index in [-0.39, 0.29) is 11.8 Å². The van der Waals surface area contributed by atoms with Gasteiger partial charge in [-0.25, -0.2) is 15.0 Å². The number of thiazole rings is 1. The SMILES string of the molecule is CN(Cc1nccs1)C(=O)C1CCCN(c2nc(-c3ccccc3)nc3c2CCC3)C1. The zero-order valence-corrected chi connectivity index (χ0v) is 18.6. The van der Waals surface area contributed by atoms with Crippen LogP contribution in [0.2, 0.25) is 0 Å². The van der Waals surface area contributed by atoms with Gasteiger partial charge in [0.15, 0.2) is 5.82 Å². The summed E-state index contributed by atoms with van der Waals surface area (Å²) in [5.74, 6) is 2.03. The van der Waals surface area contributed by atoms with Crippen LogP contribution < -0.4 is 4.90 Å². The number of aromatic nitrogens is 3. The van der Waals surface area contributed by atoms with Crippen LogP contribution in [-0.4, -0.2) is 45.9 Å². The molecule has 2 aliphatic rings. The molecule has 1 amide bonds. The van der Waals surface area contributed by atoms with Gasteiger partial charge in [0.05, 0.1) is 12.5 Å². The van der Waals surface area contributed by atoms with Crippen LogP contribution in [0.1, 0.15) is 35.5 Å². The van der Waals surface area contributed by atoms with E-state index >= 15 is 0 Å². The van der Waals surface area contributed by atoms with Gasteiger partial charge in [0.25, 0.3) is 0 Å². The van der Waals surface area contributed by atoms with Gasteiger partial charge in [0.2, 0.25) is 5.91 Å². The van der Waals surface area contributed by atoms with Crippen molar-refractivity contribution in [3.05, 3.63) is 58.2 Å². The molecule has 0 N–H and O–H groups in total. The van der Waals surface area contributed by atoms with Crippen molar-refractivity contribution >= 4 is 23.1 Å². The average molecular weight is 434 g/mol. The molecule has 1 saturated heterocycles.